The molecule has 2 nitrogen and oxygen atoms in total. The molecule has 0 radical (unpaired) electrons. The van der Waals surface area contributed by atoms with Crippen LogP contribution in [0.3, 0.4) is 0 Å². The summed E-state index contributed by atoms with van der Waals surface area (Å²) < 4.78 is 4.75. The maximum atomic E-state index is 5.37. The predicted molar refractivity (Wildman–Crippen MR) is 43.3 cm³/mol. The van der Waals surface area contributed by atoms with Crippen molar-refractivity contribution in [1.82, 2.24) is 0 Å². The van der Waals surface area contributed by atoms with Crippen molar-refractivity contribution < 1.29 is 4.74 Å². The molecule has 0 saturated heterocycles. The van der Waals surface area contributed by atoms with Crippen LogP contribution < -0.4 is 5.73 Å². The van der Waals surface area contributed by atoms with Crippen LogP contribution in [0.25, 0.3) is 0 Å². The molecule has 10 heavy (non-hydrogen) atoms. The lowest BCUT2D eigenvalue weighted by molar-refractivity contribution is 0.285. The second kappa shape index (κ2) is 6.20. The average Bonchev–Trinajstić information content (AvgIpc) is 1.98. The molecule has 0 aromatic heterocycles. The molecular weight excluding hydrogens is 126 g/mol. The Kier molecular flexibility index (Phi) is 5.63. The summed E-state index contributed by atoms with van der Waals surface area (Å²) >= 11 is 0. The molecule has 0 rings (SSSR count). The van der Waals surface area contributed by atoms with Gasteiger partial charge in [0.15, 0.2) is 5.88 Å². The molecule has 2 heteroatoms. The predicted octanol–water partition coefficient (Wildman–Crippen LogP) is 1.79. The van der Waals surface area contributed by atoms with Crippen LogP contribution in [0.15, 0.2) is 24.1 Å². The normalized spacial score (nSPS) is 12.4. The van der Waals surface area contributed by atoms with Crippen LogP contribution in [-0.2, 0) is 4.74 Å². The van der Waals surface area contributed by atoms with Crippen LogP contribution in [0.1, 0.15) is 19.8 Å². The van der Waals surface area contributed by atoms with Gasteiger partial charge in [-0.15, -0.1) is 0 Å². The Morgan fingerprint density at radius 2 is 2.20 bits per heavy atom. The van der Waals surface area contributed by atoms with Crippen molar-refractivity contribution in [2.45, 2.75) is 19.8 Å². The van der Waals surface area contributed by atoms with Crippen LogP contribution in [-0.4, -0.2) is 7.11 Å². The number of ether oxygens (including phenoxy) is 1. The zero-order chi connectivity index (χ0) is 7.82. The highest BCUT2D eigenvalue weighted by molar-refractivity contribution is 4.89. The molecule has 0 saturated carbocycles. The number of nitrogens with two attached hydrogens (primary N) is 1. The molecule has 0 aromatic carbocycles. The van der Waals surface area contributed by atoms with E-state index in [2.05, 4.69) is 6.08 Å². The van der Waals surface area contributed by atoms with Gasteiger partial charge < -0.3 is 10.5 Å². The topological polar surface area (TPSA) is 35.2 Å². The lowest BCUT2D eigenvalue weighted by Crippen LogP contribution is -1.98. The Hall–Kier alpha value is -0.920. The van der Waals surface area contributed by atoms with E-state index in [9.17, 15) is 0 Å². The van der Waals surface area contributed by atoms with Crippen LogP contribution in [0.2, 0.25) is 0 Å². The number of hydrogen-bond donors (Lipinski definition) is 1. The fraction of sp³-hybridized carbons (Fsp3) is 0.500. The van der Waals surface area contributed by atoms with E-state index < -0.39 is 0 Å². The van der Waals surface area contributed by atoms with Crippen LogP contribution in [0, 0.1) is 0 Å². The van der Waals surface area contributed by atoms with Gasteiger partial charge in [-0.3, -0.25) is 0 Å². The van der Waals surface area contributed by atoms with Crippen molar-refractivity contribution >= 4 is 0 Å². The lowest BCUT2D eigenvalue weighted by atomic mass is 10.3. The molecule has 0 aliphatic heterocycles. The quantitative estimate of drug-likeness (QED) is 0.368. The molecule has 2 N–H and O–H groups in total. The summed E-state index contributed by atoms with van der Waals surface area (Å²) in [4.78, 5) is 0. The van der Waals surface area contributed by atoms with Gasteiger partial charge >= 0.3 is 0 Å². The van der Waals surface area contributed by atoms with E-state index >= 15 is 0 Å². The standard InChI is InChI=1S/C8H15NO/c1-3-4-5-6-7-8(9)10-2/h3-4,7H,5-6,9H2,1-2H3/b4-3-,8-7+. The number of allylic oxidation sites excluding steroid dienone is 3. The van der Waals surface area contributed by atoms with Crippen molar-refractivity contribution in [3.8, 4) is 0 Å². The van der Waals surface area contributed by atoms with Crippen molar-refractivity contribution in [2.75, 3.05) is 7.11 Å². The van der Waals surface area contributed by atoms with Gasteiger partial charge in [0.05, 0.1) is 7.11 Å². The first-order chi connectivity index (χ1) is 4.81. The summed E-state index contributed by atoms with van der Waals surface area (Å²) in [6, 6.07) is 0. The molecular formula is C8H15NO. The van der Waals surface area contributed by atoms with Crippen LogP contribution in [0.5, 0.6) is 0 Å². The number of rotatable bonds is 4. The second-order valence-corrected chi connectivity index (χ2v) is 1.96. The Balaban J connectivity index is 3.33. The molecule has 0 amide bonds. The first kappa shape index (κ1) is 9.08. The smallest absolute Gasteiger partial charge is 0.179 e. The number of hydrogen-bond acceptors (Lipinski definition) is 2. The third kappa shape index (κ3) is 5.22. The fourth-order valence-electron chi connectivity index (χ4n) is 0.572. The molecule has 0 bridgehead atoms. The van der Waals surface area contributed by atoms with Gasteiger partial charge in [0.1, 0.15) is 0 Å². The largest absolute Gasteiger partial charge is 0.483 e. The highest BCUT2D eigenvalue weighted by Crippen LogP contribution is 1.95. The molecule has 0 aromatic rings. The van der Waals surface area contributed by atoms with Crippen molar-refractivity contribution in [1.29, 1.82) is 0 Å². The van der Waals surface area contributed by atoms with Crippen molar-refractivity contribution in [2.24, 2.45) is 5.73 Å². The minimum atomic E-state index is 0.504. The first-order valence-corrected chi connectivity index (χ1v) is 3.42. The number of unbranched alkanes of at least 4 members (excludes halogenated alkanes) is 1. The van der Waals surface area contributed by atoms with E-state index in [0.29, 0.717) is 5.88 Å². The van der Waals surface area contributed by atoms with Gasteiger partial charge in [0.2, 0.25) is 0 Å². The van der Waals surface area contributed by atoms with E-state index in [0.717, 1.165) is 12.8 Å². The minimum Gasteiger partial charge on any atom is -0.483 e. The summed E-state index contributed by atoms with van der Waals surface area (Å²) in [6.45, 7) is 2.00. The first-order valence-electron chi connectivity index (χ1n) is 3.42. The van der Waals surface area contributed by atoms with Gasteiger partial charge in [0, 0.05) is 0 Å². The molecule has 0 aliphatic carbocycles. The SMILES string of the molecule is C/C=C\CC/C=C(\N)OC. The van der Waals surface area contributed by atoms with Crippen molar-refractivity contribution in [3.05, 3.63) is 24.1 Å². The monoisotopic (exact) mass is 141 g/mol. The molecule has 0 aliphatic rings. The third-order valence-electron chi connectivity index (χ3n) is 1.15. The van der Waals surface area contributed by atoms with Crippen LogP contribution in [0.4, 0.5) is 0 Å². The average molecular weight is 141 g/mol. The second-order valence-electron chi connectivity index (χ2n) is 1.96. The van der Waals surface area contributed by atoms with E-state index in [1.165, 1.54) is 0 Å². The third-order valence-corrected chi connectivity index (χ3v) is 1.15. The van der Waals surface area contributed by atoms with Crippen molar-refractivity contribution in [3.63, 3.8) is 0 Å². The maximum Gasteiger partial charge on any atom is 0.179 e. The Morgan fingerprint density at radius 3 is 2.70 bits per heavy atom. The van der Waals surface area contributed by atoms with Gasteiger partial charge in [-0.2, -0.15) is 0 Å². The number of methoxy groups -OCH3 is 1. The maximum absolute atomic E-state index is 5.37. The van der Waals surface area contributed by atoms with Gasteiger partial charge in [-0.05, 0) is 25.8 Å². The fourth-order valence-corrected chi connectivity index (χ4v) is 0.572. The minimum absolute atomic E-state index is 0.504. The zero-order valence-electron chi connectivity index (χ0n) is 6.63. The van der Waals surface area contributed by atoms with E-state index in [1.807, 2.05) is 19.1 Å². The molecule has 0 atom stereocenters. The van der Waals surface area contributed by atoms with Gasteiger partial charge in [-0.25, -0.2) is 0 Å². The molecule has 0 unspecified atom stereocenters. The zero-order valence-corrected chi connectivity index (χ0v) is 6.63. The Bertz CT molecular complexity index is 127. The molecule has 0 spiro atoms. The Morgan fingerprint density at radius 1 is 1.50 bits per heavy atom. The summed E-state index contributed by atoms with van der Waals surface area (Å²) in [5, 5.41) is 0. The molecule has 58 valence electrons. The lowest BCUT2D eigenvalue weighted by Gasteiger charge is -1.95. The Labute approximate surface area is 62.4 Å². The highest BCUT2D eigenvalue weighted by Gasteiger charge is 1.82. The molecule has 0 fully saturated rings. The van der Waals surface area contributed by atoms with Crippen LogP contribution >= 0.6 is 0 Å². The van der Waals surface area contributed by atoms with Gasteiger partial charge in [-0.1, -0.05) is 12.2 Å². The summed E-state index contributed by atoms with van der Waals surface area (Å²) in [7, 11) is 1.57. The highest BCUT2D eigenvalue weighted by atomic mass is 16.5. The summed E-state index contributed by atoms with van der Waals surface area (Å²) in [6.07, 6.45) is 7.97. The van der Waals surface area contributed by atoms with E-state index in [4.69, 9.17) is 10.5 Å². The molecule has 0 heterocycles. The summed E-state index contributed by atoms with van der Waals surface area (Å²) in [5.41, 5.74) is 5.37. The van der Waals surface area contributed by atoms with Gasteiger partial charge in [0.25, 0.3) is 0 Å². The van der Waals surface area contributed by atoms with E-state index in [1.54, 1.807) is 7.11 Å². The van der Waals surface area contributed by atoms with E-state index in [-0.39, 0.29) is 0 Å². The summed E-state index contributed by atoms with van der Waals surface area (Å²) in [5.74, 6) is 0.504.